The number of anilines is 1. The van der Waals surface area contributed by atoms with Crippen LogP contribution < -0.4 is 5.32 Å². The molecule has 102 valence electrons. The SMILES string of the molecule is CC1Nc2ccccc2C12CCC1(CC2)OCCO1. The molecule has 3 aliphatic rings. The molecule has 1 atom stereocenters. The summed E-state index contributed by atoms with van der Waals surface area (Å²) in [7, 11) is 0. The first-order valence-corrected chi connectivity index (χ1v) is 7.38. The predicted molar refractivity (Wildman–Crippen MR) is 74.3 cm³/mol. The van der Waals surface area contributed by atoms with Crippen molar-refractivity contribution in [1.82, 2.24) is 0 Å². The van der Waals surface area contributed by atoms with E-state index in [4.69, 9.17) is 9.47 Å². The van der Waals surface area contributed by atoms with Crippen LogP contribution in [0.2, 0.25) is 0 Å². The van der Waals surface area contributed by atoms with E-state index < -0.39 is 0 Å². The van der Waals surface area contributed by atoms with Crippen molar-refractivity contribution in [2.45, 2.75) is 49.9 Å². The van der Waals surface area contributed by atoms with E-state index in [0.717, 1.165) is 38.9 Å². The molecule has 4 rings (SSSR count). The van der Waals surface area contributed by atoms with Gasteiger partial charge in [-0.3, -0.25) is 0 Å². The Bertz CT molecular complexity index is 483. The van der Waals surface area contributed by atoms with E-state index in [0.29, 0.717) is 6.04 Å². The molecular weight excluding hydrogens is 238 g/mol. The maximum absolute atomic E-state index is 5.86. The number of ether oxygens (including phenoxy) is 2. The van der Waals surface area contributed by atoms with E-state index in [1.54, 1.807) is 0 Å². The molecule has 1 unspecified atom stereocenters. The molecular formula is C16H21NO2. The molecule has 19 heavy (non-hydrogen) atoms. The summed E-state index contributed by atoms with van der Waals surface area (Å²) in [5.74, 6) is -0.261. The summed E-state index contributed by atoms with van der Waals surface area (Å²) in [4.78, 5) is 0. The summed E-state index contributed by atoms with van der Waals surface area (Å²) in [6.07, 6.45) is 4.34. The fourth-order valence-corrected chi connectivity index (χ4v) is 4.21. The van der Waals surface area contributed by atoms with Crippen LogP contribution in [0.15, 0.2) is 24.3 Å². The number of hydrogen-bond acceptors (Lipinski definition) is 3. The standard InChI is InChI=1S/C16H21NO2/c1-12-15(13-4-2-3-5-14(13)17-12)6-8-16(9-7-15)18-10-11-19-16/h2-5,12,17H,6-11H2,1H3. The number of fused-ring (bicyclic) bond motifs is 2. The van der Waals surface area contributed by atoms with Gasteiger partial charge in [-0.1, -0.05) is 18.2 Å². The van der Waals surface area contributed by atoms with Crippen molar-refractivity contribution in [2.24, 2.45) is 0 Å². The van der Waals surface area contributed by atoms with E-state index in [9.17, 15) is 0 Å². The molecule has 3 nitrogen and oxygen atoms in total. The molecule has 0 bridgehead atoms. The molecule has 2 fully saturated rings. The van der Waals surface area contributed by atoms with Gasteiger partial charge in [-0.15, -0.1) is 0 Å². The van der Waals surface area contributed by atoms with Crippen LogP contribution in [0, 0.1) is 0 Å². The van der Waals surface area contributed by atoms with Crippen molar-refractivity contribution in [3.05, 3.63) is 29.8 Å². The van der Waals surface area contributed by atoms with Crippen LogP contribution in [-0.2, 0) is 14.9 Å². The summed E-state index contributed by atoms with van der Waals surface area (Å²) in [5, 5.41) is 3.66. The van der Waals surface area contributed by atoms with Gasteiger partial charge in [0.25, 0.3) is 0 Å². The summed E-state index contributed by atoms with van der Waals surface area (Å²) in [6.45, 7) is 3.84. The molecule has 1 aromatic carbocycles. The highest BCUT2D eigenvalue weighted by Gasteiger charge is 2.52. The maximum Gasteiger partial charge on any atom is 0.168 e. The lowest BCUT2D eigenvalue weighted by Crippen LogP contribution is -2.46. The lowest BCUT2D eigenvalue weighted by atomic mass is 9.65. The number of para-hydroxylation sites is 1. The van der Waals surface area contributed by atoms with Gasteiger partial charge in [0.2, 0.25) is 0 Å². The van der Waals surface area contributed by atoms with Crippen molar-refractivity contribution in [3.63, 3.8) is 0 Å². The second kappa shape index (κ2) is 3.97. The third-order valence-corrected chi connectivity index (χ3v) is 5.38. The second-order valence-electron chi connectivity index (χ2n) is 6.18. The highest BCUT2D eigenvalue weighted by Crippen LogP contribution is 2.53. The van der Waals surface area contributed by atoms with Crippen LogP contribution >= 0.6 is 0 Å². The summed E-state index contributed by atoms with van der Waals surface area (Å²) in [5.41, 5.74) is 3.09. The minimum Gasteiger partial charge on any atom is -0.381 e. The lowest BCUT2D eigenvalue weighted by Gasteiger charge is -2.44. The van der Waals surface area contributed by atoms with E-state index in [2.05, 4.69) is 36.5 Å². The van der Waals surface area contributed by atoms with Gasteiger partial charge >= 0.3 is 0 Å². The first-order chi connectivity index (χ1) is 9.24. The molecule has 2 spiro atoms. The van der Waals surface area contributed by atoms with Crippen LogP contribution in [0.4, 0.5) is 5.69 Å². The highest BCUT2D eigenvalue weighted by molar-refractivity contribution is 5.62. The molecule has 2 heterocycles. The Labute approximate surface area is 114 Å². The normalized spacial score (nSPS) is 30.5. The summed E-state index contributed by atoms with van der Waals surface area (Å²) in [6, 6.07) is 9.27. The molecule has 1 saturated heterocycles. The monoisotopic (exact) mass is 259 g/mol. The Balaban J connectivity index is 1.65. The lowest BCUT2D eigenvalue weighted by molar-refractivity contribution is -0.185. The Kier molecular flexibility index (Phi) is 2.45. The zero-order chi connectivity index (χ0) is 12.9. The average Bonchev–Trinajstić information content (AvgIpc) is 2.99. The fourth-order valence-electron chi connectivity index (χ4n) is 4.21. The van der Waals surface area contributed by atoms with Gasteiger partial charge in [0.15, 0.2) is 5.79 Å². The average molecular weight is 259 g/mol. The van der Waals surface area contributed by atoms with Gasteiger partial charge in [-0.25, -0.2) is 0 Å². The number of rotatable bonds is 0. The Morgan fingerprint density at radius 1 is 1.05 bits per heavy atom. The Hall–Kier alpha value is -1.06. The van der Waals surface area contributed by atoms with Crippen LogP contribution in [0.5, 0.6) is 0 Å². The highest BCUT2D eigenvalue weighted by atomic mass is 16.7. The van der Waals surface area contributed by atoms with Crippen LogP contribution in [0.3, 0.4) is 0 Å². The van der Waals surface area contributed by atoms with Crippen molar-refractivity contribution >= 4 is 5.69 Å². The van der Waals surface area contributed by atoms with Gasteiger partial charge in [-0.2, -0.15) is 0 Å². The fraction of sp³-hybridized carbons (Fsp3) is 0.625. The van der Waals surface area contributed by atoms with Gasteiger partial charge in [0, 0.05) is 30.0 Å². The quantitative estimate of drug-likeness (QED) is 0.776. The van der Waals surface area contributed by atoms with Gasteiger partial charge in [0.1, 0.15) is 0 Å². The molecule has 1 saturated carbocycles. The van der Waals surface area contributed by atoms with Crippen molar-refractivity contribution in [2.75, 3.05) is 18.5 Å². The zero-order valence-electron chi connectivity index (χ0n) is 11.4. The molecule has 0 radical (unpaired) electrons. The van der Waals surface area contributed by atoms with E-state index in [-0.39, 0.29) is 11.2 Å². The topological polar surface area (TPSA) is 30.5 Å². The molecule has 1 N–H and O–H groups in total. The van der Waals surface area contributed by atoms with Gasteiger partial charge < -0.3 is 14.8 Å². The van der Waals surface area contributed by atoms with Crippen LogP contribution in [0.1, 0.15) is 38.2 Å². The third kappa shape index (κ3) is 1.58. The van der Waals surface area contributed by atoms with Crippen molar-refractivity contribution in [3.8, 4) is 0 Å². The van der Waals surface area contributed by atoms with Gasteiger partial charge in [0.05, 0.1) is 13.2 Å². The van der Waals surface area contributed by atoms with Crippen LogP contribution in [0.25, 0.3) is 0 Å². The second-order valence-corrected chi connectivity index (χ2v) is 6.18. The smallest absolute Gasteiger partial charge is 0.168 e. The first-order valence-electron chi connectivity index (χ1n) is 7.38. The number of nitrogens with one attached hydrogen (secondary N) is 1. The van der Waals surface area contributed by atoms with E-state index >= 15 is 0 Å². The minimum absolute atomic E-state index is 0.261. The number of benzene rings is 1. The van der Waals surface area contributed by atoms with Crippen molar-refractivity contribution < 1.29 is 9.47 Å². The molecule has 3 heteroatoms. The predicted octanol–water partition coefficient (Wildman–Crippen LogP) is 3.06. The van der Waals surface area contributed by atoms with E-state index in [1.165, 1.54) is 11.3 Å². The summed E-state index contributed by atoms with van der Waals surface area (Å²) >= 11 is 0. The van der Waals surface area contributed by atoms with Crippen LogP contribution in [-0.4, -0.2) is 25.0 Å². The largest absolute Gasteiger partial charge is 0.381 e. The maximum atomic E-state index is 5.86. The molecule has 0 amide bonds. The molecule has 1 aliphatic carbocycles. The summed E-state index contributed by atoms with van der Waals surface area (Å²) < 4.78 is 11.7. The Morgan fingerprint density at radius 2 is 1.74 bits per heavy atom. The first kappa shape index (κ1) is 11.7. The Morgan fingerprint density at radius 3 is 2.47 bits per heavy atom. The minimum atomic E-state index is -0.261. The third-order valence-electron chi connectivity index (χ3n) is 5.38. The molecule has 1 aromatic rings. The molecule has 2 aliphatic heterocycles. The zero-order valence-corrected chi connectivity index (χ0v) is 11.4. The van der Waals surface area contributed by atoms with Gasteiger partial charge in [-0.05, 0) is 31.4 Å². The van der Waals surface area contributed by atoms with Crippen molar-refractivity contribution in [1.29, 1.82) is 0 Å². The number of hydrogen-bond donors (Lipinski definition) is 1. The van der Waals surface area contributed by atoms with E-state index in [1.807, 2.05) is 0 Å². The molecule has 0 aromatic heterocycles.